The van der Waals surface area contributed by atoms with Crippen LogP contribution in [-0.2, 0) is 10.0 Å². The maximum Gasteiger partial charge on any atom is 0.261 e. The van der Waals surface area contributed by atoms with Crippen molar-refractivity contribution in [2.45, 2.75) is 18.7 Å². The van der Waals surface area contributed by atoms with Crippen molar-refractivity contribution in [3.05, 3.63) is 82.4 Å². The summed E-state index contributed by atoms with van der Waals surface area (Å²) < 4.78 is 33.0. The van der Waals surface area contributed by atoms with E-state index in [9.17, 15) is 13.2 Å². The Bertz CT molecular complexity index is 1190. The van der Waals surface area contributed by atoms with Crippen molar-refractivity contribution in [1.29, 1.82) is 0 Å². The molecule has 0 radical (unpaired) electrons. The van der Waals surface area contributed by atoms with Crippen molar-refractivity contribution < 1.29 is 17.9 Å². The highest BCUT2D eigenvalue weighted by atomic mass is 35.5. The van der Waals surface area contributed by atoms with E-state index in [1.165, 1.54) is 31.4 Å². The van der Waals surface area contributed by atoms with E-state index < -0.39 is 10.0 Å². The number of carbonyl (C=O) groups excluding carboxylic acids is 1. The van der Waals surface area contributed by atoms with Crippen molar-refractivity contribution in [1.82, 2.24) is 0 Å². The molecule has 3 aromatic rings. The zero-order valence-electron chi connectivity index (χ0n) is 16.7. The predicted octanol–water partition coefficient (Wildman–Crippen LogP) is 5.02. The molecule has 0 aliphatic heterocycles. The third-order valence-electron chi connectivity index (χ3n) is 4.46. The van der Waals surface area contributed by atoms with E-state index in [0.29, 0.717) is 33.3 Å². The zero-order chi connectivity index (χ0) is 21.9. The Morgan fingerprint density at radius 3 is 2.27 bits per heavy atom. The second-order valence-electron chi connectivity index (χ2n) is 6.75. The fourth-order valence-electron chi connectivity index (χ4n) is 2.85. The van der Waals surface area contributed by atoms with Gasteiger partial charge in [-0.15, -0.1) is 0 Å². The maximum absolute atomic E-state index is 12.7. The van der Waals surface area contributed by atoms with E-state index in [-0.39, 0.29) is 10.8 Å². The molecule has 0 aliphatic carbocycles. The number of anilines is 2. The normalized spacial score (nSPS) is 11.1. The molecular formula is C22H21ClN2O4S. The molecule has 0 spiro atoms. The number of hydrogen-bond donors (Lipinski definition) is 2. The number of ether oxygens (including phenoxy) is 1. The first-order valence-corrected chi connectivity index (χ1v) is 10.9. The molecule has 3 rings (SSSR count). The van der Waals surface area contributed by atoms with Gasteiger partial charge in [-0.2, -0.15) is 0 Å². The van der Waals surface area contributed by atoms with Crippen molar-refractivity contribution in [2.75, 3.05) is 17.1 Å². The van der Waals surface area contributed by atoms with Crippen molar-refractivity contribution >= 4 is 38.9 Å². The molecule has 0 aromatic heterocycles. The lowest BCUT2D eigenvalue weighted by Crippen LogP contribution is -2.15. The fourth-order valence-corrected chi connectivity index (χ4v) is 4.11. The van der Waals surface area contributed by atoms with Crippen LogP contribution in [0.4, 0.5) is 11.4 Å². The molecule has 0 saturated heterocycles. The van der Waals surface area contributed by atoms with Gasteiger partial charge in [-0.3, -0.25) is 9.52 Å². The number of amides is 1. The molecule has 3 aromatic carbocycles. The van der Waals surface area contributed by atoms with E-state index in [2.05, 4.69) is 10.0 Å². The lowest BCUT2D eigenvalue weighted by Gasteiger charge is -2.13. The lowest BCUT2D eigenvalue weighted by molar-refractivity contribution is 0.102. The Labute approximate surface area is 180 Å². The van der Waals surface area contributed by atoms with Crippen molar-refractivity contribution in [3.63, 3.8) is 0 Å². The average Bonchev–Trinajstić information content (AvgIpc) is 2.70. The van der Waals surface area contributed by atoms with Gasteiger partial charge in [0.05, 0.1) is 23.4 Å². The first kappa shape index (κ1) is 21.7. The van der Waals surface area contributed by atoms with Crippen LogP contribution in [0.15, 0.2) is 65.6 Å². The molecule has 8 heteroatoms. The quantitative estimate of drug-likeness (QED) is 0.559. The number of rotatable bonds is 6. The molecule has 0 saturated carbocycles. The topological polar surface area (TPSA) is 84.5 Å². The minimum atomic E-state index is -3.77. The monoisotopic (exact) mass is 444 g/mol. The average molecular weight is 445 g/mol. The van der Waals surface area contributed by atoms with Crippen LogP contribution < -0.4 is 14.8 Å². The van der Waals surface area contributed by atoms with Gasteiger partial charge >= 0.3 is 0 Å². The first-order valence-electron chi connectivity index (χ1n) is 9.04. The number of aryl methyl sites for hydroxylation is 2. The van der Waals surface area contributed by atoms with Crippen LogP contribution >= 0.6 is 11.6 Å². The largest absolute Gasteiger partial charge is 0.495 e. The molecule has 0 heterocycles. The van der Waals surface area contributed by atoms with Crippen LogP contribution in [0.25, 0.3) is 0 Å². The molecule has 0 fully saturated rings. The second kappa shape index (κ2) is 8.77. The minimum Gasteiger partial charge on any atom is -0.495 e. The Balaban J connectivity index is 1.80. The lowest BCUT2D eigenvalue weighted by atomic mass is 10.1. The van der Waals surface area contributed by atoms with Gasteiger partial charge in [0.25, 0.3) is 15.9 Å². The minimum absolute atomic E-state index is 0.0969. The summed E-state index contributed by atoms with van der Waals surface area (Å²) in [5, 5.41) is 3.28. The Morgan fingerprint density at radius 1 is 0.933 bits per heavy atom. The first-order chi connectivity index (χ1) is 14.2. The number of sulfonamides is 1. The van der Waals surface area contributed by atoms with Crippen LogP contribution in [-0.4, -0.2) is 21.4 Å². The van der Waals surface area contributed by atoms with Crippen LogP contribution in [0.1, 0.15) is 21.5 Å². The number of carbonyl (C=O) groups is 1. The van der Waals surface area contributed by atoms with E-state index >= 15 is 0 Å². The van der Waals surface area contributed by atoms with E-state index in [1.54, 1.807) is 31.2 Å². The van der Waals surface area contributed by atoms with Gasteiger partial charge in [0.1, 0.15) is 5.75 Å². The fraction of sp³-hybridized carbons (Fsp3) is 0.136. The third-order valence-corrected chi connectivity index (χ3v) is 6.09. The molecular weight excluding hydrogens is 424 g/mol. The molecule has 0 unspecified atom stereocenters. The standard InChI is InChI=1S/C22H21ClN2O4S/c1-14-4-11-21(29-3)20(12-14)24-22(26)16-5-10-19(15(2)13-16)25-30(27,28)18-8-6-17(23)7-9-18/h4-13,25H,1-3H3,(H,24,26). The molecule has 0 aliphatic rings. The molecule has 156 valence electrons. The van der Waals surface area contributed by atoms with Gasteiger partial charge in [0, 0.05) is 10.6 Å². The molecule has 1 amide bonds. The number of methoxy groups -OCH3 is 1. The van der Waals surface area contributed by atoms with Crippen LogP contribution in [0, 0.1) is 13.8 Å². The maximum atomic E-state index is 12.7. The smallest absolute Gasteiger partial charge is 0.261 e. The molecule has 6 nitrogen and oxygen atoms in total. The summed E-state index contributed by atoms with van der Waals surface area (Å²) >= 11 is 5.82. The second-order valence-corrected chi connectivity index (χ2v) is 8.87. The van der Waals surface area contributed by atoms with Crippen LogP contribution in [0.5, 0.6) is 5.75 Å². The molecule has 2 N–H and O–H groups in total. The number of benzene rings is 3. The Morgan fingerprint density at radius 2 is 1.63 bits per heavy atom. The highest BCUT2D eigenvalue weighted by molar-refractivity contribution is 7.92. The number of halogens is 1. The predicted molar refractivity (Wildman–Crippen MR) is 119 cm³/mol. The summed E-state index contributed by atoms with van der Waals surface area (Å²) in [5.74, 6) is 0.229. The van der Waals surface area contributed by atoms with Crippen molar-refractivity contribution in [2.24, 2.45) is 0 Å². The van der Waals surface area contributed by atoms with E-state index in [0.717, 1.165) is 5.56 Å². The SMILES string of the molecule is COc1ccc(C)cc1NC(=O)c1ccc(NS(=O)(=O)c2ccc(Cl)cc2)c(C)c1. The highest BCUT2D eigenvalue weighted by Crippen LogP contribution is 2.27. The molecule has 0 bridgehead atoms. The Hall–Kier alpha value is -3.03. The van der Waals surface area contributed by atoms with E-state index in [1.807, 2.05) is 19.1 Å². The van der Waals surface area contributed by atoms with Crippen molar-refractivity contribution in [3.8, 4) is 5.75 Å². The Kier molecular flexibility index (Phi) is 6.34. The van der Waals surface area contributed by atoms with Gasteiger partial charge in [0.15, 0.2) is 0 Å². The summed E-state index contributed by atoms with van der Waals surface area (Å²) in [6.45, 7) is 3.64. The van der Waals surface area contributed by atoms with Gasteiger partial charge in [0.2, 0.25) is 0 Å². The highest BCUT2D eigenvalue weighted by Gasteiger charge is 2.17. The molecule has 30 heavy (non-hydrogen) atoms. The van der Waals surface area contributed by atoms with Gasteiger partial charge in [-0.05, 0) is 79.6 Å². The van der Waals surface area contributed by atoms with Gasteiger partial charge < -0.3 is 10.1 Å². The summed E-state index contributed by atoms with van der Waals surface area (Å²) in [5.41, 5.74) is 2.93. The summed E-state index contributed by atoms with van der Waals surface area (Å²) in [6, 6.07) is 16.1. The van der Waals surface area contributed by atoms with Gasteiger partial charge in [-0.1, -0.05) is 17.7 Å². The van der Waals surface area contributed by atoms with Crippen LogP contribution in [0.2, 0.25) is 5.02 Å². The number of nitrogens with one attached hydrogen (secondary N) is 2. The van der Waals surface area contributed by atoms with Gasteiger partial charge in [-0.25, -0.2) is 8.42 Å². The molecule has 0 atom stereocenters. The zero-order valence-corrected chi connectivity index (χ0v) is 18.3. The third kappa shape index (κ3) is 4.93. The van der Waals surface area contributed by atoms with E-state index in [4.69, 9.17) is 16.3 Å². The summed E-state index contributed by atoms with van der Waals surface area (Å²) in [7, 11) is -2.24. The summed E-state index contributed by atoms with van der Waals surface area (Å²) in [4.78, 5) is 12.8. The number of hydrogen-bond acceptors (Lipinski definition) is 4. The summed E-state index contributed by atoms with van der Waals surface area (Å²) in [6.07, 6.45) is 0. The van der Waals surface area contributed by atoms with Crippen LogP contribution in [0.3, 0.4) is 0 Å².